The Hall–Kier alpha value is -1.40. The minimum absolute atomic E-state index is 0.367. The Bertz CT molecular complexity index is 394. The fourth-order valence-corrected chi connectivity index (χ4v) is 2.32. The maximum Gasteiger partial charge on any atom is 0.488 e. The topological polar surface area (TPSA) is 62.2 Å². The first-order chi connectivity index (χ1) is 8.67. The Labute approximate surface area is 107 Å². The minimum Gasteiger partial charge on any atom is -0.494 e. The van der Waals surface area contributed by atoms with Crippen LogP contribution >= 0.6 is 0 Å². The van der Waals surface area contributed by atoms with Gasteiger partial charge in [-0.25, -0.2) is 0 Å². The Balaban J connectivity index is 2.48. The van der Waals surface area contributed by atoms with Gasteiger partial charge in [-0.3, -0.25) is 0 Å². The fourth-order valence-electron chi connectivity index (χ4n) is 2.32. The Morgan fingerprint density at radius 1 is 1.06 bits per heavy atom. The van der Waals surface area contributed by atoms with Crippen LogP contribution in [0.5, 0.6) is 11.5 Å². The zero-order chi connectivity index (χ0) is 13.1. The lowest BCUT2D eigenvalue weighted by Crippen LogP contribution is -2.31. The van der Waals surface area contributed by atoms with E-state index in [1.165, 1.54) is 0 Å². The number of nitrogens with zero attached hydrogens (tertiary/aromatic N) is 1. The zero-order valence-corrected chi connectivity index (χ0v) is 10.7. The molecular formula is C12H18BNO4. The molecule has 1 aromatic rings. The highest BCUT2D eigenvalue weighted by Crippen LogP contribution is 2.38. The first-order valence-corrected chi connectivity index (χ1v) is 6.04. The molecule has 18 heavy (non-hydrogen) atoms. The van der Waals surface area contributed by atoms with E-state index in [0.29, 0.717) is 17.0 Å². The van der Waals surface area contributed by atoms with Gasteiger partial charge in [-0.15, -0.1) is 0 Å². The summed E-state index contributed by atoms with van der Waals surface area (Å²) in [6.45, 7) is 1.93. The lowest BCUT2D eigenvalue weighted by Gasteiger charge is -2.24. The van der Waals surface area contributed by atoms with Crippen LogP contribution in [0.25, 0.3) is 0 Å². The molecule has 1 aromatic carbocycles. The van der Waals surface area contributed by atoms with Crippen molar-refractivity contribution in [1.29, 1.82) is 0 Å². The van der Waals surface area contributed by atoms with Crippen LogP contribution in [-0.4, -0.2) is 44.5 Å². The third-order valence-electron chi connectivity index (χ3n) is 3.22. The molecule has 0 unspecified atom stereocenters. The van der Waals surface area contributed by atoms with E-state index in [1.807, 2.05) is 0 Å². The van der Waals surface area contributed by atoms with Crippen molar-refractivity contribution >= 4 is 18.3 Å². The summed E-state index contributed by atoms with van der Waals surface area (Å²) < 4.78 is 10.7. The van der Waals surface area contributed by atoms with Gasteiger partial charge >= 0.3 is 7.12 Å². The predicted octanol–water partition coefficient (Wildman–Crippen LogP) is -0.0162. The van der Waals surface area contributed by atoms with Gasteiger partial charge in [-0.05, 0) is 30.4 Å². The van der Waals surface area contributed by atoms with Gasteiger partial charge in [-0.1, -0.05) is 0 Å². The highest BCUT2D eigenvalue weighted by Gasteiger charge is 2.24. The molecule has 0 radical (unpaired) electrons. The summed E-state index contributed by atoms with van der Waals surface area (Å²) in [6, 6.07) is 3.28. The summed E-state index contributed by atoms with van der Waals surface area (Å²) >= 11 is 0. The highest BCUT2D eigenvalue weighted by atomic mass is 16.5. The van der Waals surface area contributed by atoms with E-state index in [2.05, 4.69) is 4.90 Å². The summed E-state index contributed by atoms with van der Waals surface area (Å²) in [7, 11) is 1.62. The van der Waals surface area contributed by atoms with Gasteiger partial charge in [0.1, 0.15) is 17.2 Å². The molecule has 0 bridgehead atoms. The molecule has 1 aliphatic heterocycles. The Morgan fingerprint density at radius 2 is 1.56 bits per heavy atom. The second kappa shape index (κ2) is 5.50. The first kappa shape index (κ1) is 13.0. The second-order valence-electron chi connectivity index (χ2n) is 4.34. The van der Waals surface area contributed by atoms with E-state index >= 15 is 0 Å². The summed E-state index contributed by atoms with van der Waals surface area (Å²) in [5.74, 6) is 1.22. The summed E-state index contributed by atoms with van der Waals surface area (Å²) in [5, 5.41) is 18.5. The van der Waals surface area contributed by atoms with E-state index < -0.39 is 7.12 Å². The van der Waals surface area contributed by atoms with Crippen LogP contribution in [0.2, 0.25) is 0 Å². The van der Waals surface area contributed by atoms with Crippen LogP contribution in [0.15, 0.2) is 12.1 Å². The smallest absolute Gasteiger partial charge is 0.488 e. The third kappa shape index (κ3) is 2.39. The van der Waals surface area contributed by atoms with Gasteiger partial charge < -0.3 is 24.4 Å². The number of anilines is 1. The number of ether oxygens (including phenoxy) is 2. The minimum atomic E-state index is -1.53. The van der Waals surface area contributed by atoms with Crippen LogP contribution < -0.4 is 19.8 Å². The van der Waals surface area contributed by atoms with Crippen LogP contribution in [-0.2, 0) is 0 Å². The van der Waals surface area contributed by atoms with E-state index in [1.54, 1.807) is 26.4 Å². The van der Waals surface area contributed by atoms with Gasteiger partial charge in [0, 0.05) is 13.1 Å². The van der Waals surface area contributed by atoms with Crippen molar-refractivity contribution in [2.75, 3.05) is 32.2 Å². The standard InChI is InChI=1S/C12H18BNO4/c1-17-10-7-9(13(15)16)8-11(18-2)12(10)14-5-3-4-6-14/h7-8,15-16H,3-6H2,1-2H3. The number of methoxy groups -OCH3 is 2. The Kier molecular flexibility index (Phi) is 3.99. The maximum absolute atomic E-state index is 9.25. The monoisotopic (exact) mass is 251 g/mol. The first-order valence-electron chi connectivity index (χ1n) is 6.04. The molecule has 1 aliphatic rings. The molecule has 0 spiro atoms. The van der Waals surface area contributed by atoms with Crippen molar-refractivity contribution in [3.63, 3.8) is 0 Å². The molecule has 1 fully saturated rings. The average molecular weight is 251 g/mol. The van der Waals surface area contributed by atoms with Gasteiger partial charge in [0.2, 0.25) is 0 Å². The van der Waals surface area contributed by atoms with E-state index in [-0.39, 0.29) is 0 Å². The largest absolute Gasteiger partial charge is 0.494 e. The predicted molar refractivity (Wildman–Crippen MR) is 70.8 cm³/mol. The molecule has 1 heterocycles. The van der Waals surface area contributed by atoms with E-state index in [9.17, 15) is 10.0 Å². The summed E-state index contributed by atoms with van der Waals surface area (Å²) in [6.07, 6.45) is 2.30. The fraction of sp³-hybridized carbons (Fsp3) is 0.500. The third-order valence-corrected chi connectivity index (χ3v) is 3.22. The molecular weight excluding hydrogens is 233 g/mol. The van der Waals surface area contributed by atoms with Crippen molar-refractivity contribution in [1.82, 2.24) is 0 Å². The van der Waals surface area contributed by atoms with Crippen LogP contribution in [0.3, 0.4) is 0 Å². The molecule has 6 heteroatoms. The molecule has 2 rings (SSSR count). The molecule has 0 aliphatic carbocycles. The van der Waals surface area contributed by atoms with Gasteiger partial charge in [-0.2, -0.15) is 0 Å². The quantitative estimate of drug-likeness (QED) is 0.736. The molecule has 0 amide bonds. The highest BCUT2D eigenvalue weighted by molar-refractivity contribution is 6.58. The van der Waals surface area contributed by atoms with Crippen molar-refractivity contribution in [3.05, 3.63) is 12.1 Å². The summed E-state index contributed by atoms with van der Waals surface area (Å²) in [4.78, 5) is 2.20. The van der Waals surface area contributed by atoms with Gasteiger partial charge in [0.05, 0.1) is 14.2 Å². The van der Waals surface area contributed by atoms with Crippen LogP contribution in [0.1, 0.15) is 12.8 Å². The average Bonchev–Trinajstić information content (AvgIpc) is 2.90. The molecule has 0 aromatic heterocycles. The van der Waals surface area contributed by atoms with Crippen molar-refractivity contribution in [2.45, 2.75) is 12.8 Å². The summed E-state index contributed by atoms with van der Waals surface area (Å²) in [5.41, 5.74) is 1.26. The van der Waals surface area contributed by atoms with Gasteiger partial charge in [0.15, 0.2) is 0 Å². The van der Waals surface area contributed by atoms with Crippen LogP contribution in [0, 0.1) is 0 Å². The number of hydrogen-bond donors (Lipinski definition) is 2. The number of hydrogen-bond acceptors (Lipinski definition) is 5. The van der Waals surface area contributed by atoms with E-state index in [0.717, 1.165) is 31.6 Å². The lowest BCUT2D eigenvalue weighted by atomic mass is 9.80. The van der Waals surface area contributed by atoms with Crippen LogP contribution in [0.4, 0.5) is 5.69 Å². The molecule has 5 nitrogen and oxygen atoms in total. The second-order valence-corrected chi connectivity index (χ2v) is 4.34. The molecule has 98 valence electrons. The normalized spacial score (nSPS) is 14.8. The molecule has 2 N–H and O–H groups in total. The SMILES string of the molecule is COc1cc(B(O)O)cc(OC)c1N1CCCC1. The van der Waals surface area contributed by atoms with Crippen molar-refractivity contribution in [2.24, 2.45) is 0 Å². The van der Waals surface area contributed by atoms with Crippen molar-refractivity contribution < 1.29 is 19.5 Å². The number of benzene rings is 1. The molecule has 1 saturated heterocycles. The van der Waals surface area contributed by atoms with Gasteiger partial charge in [0.25, 0.3) is 0 Å². The Morgan fingerprint density at radius 3 is 1.94 bits per heavy atom. The lowest BCUT2D eigenvalue weighted by molar-refractivity contribution is 0.393. The number of rotatable bonds is 4. The van der Waals surface area contributed by atoms with Crippen molar-refractivity contribution in [3.8, 4) is 11.5 Å². The maximum atomic E-state index is 9.25. The zero-order valence-electron chi connectivity index (χ0n) is 10.7. The molecule has 0 atom stereocenters. The van der Waals surface area contributed by atoms with E-state index in [4.69, 9.17) is 9.47 Å². The molecule has 0 saturated carbocycles.